The van der Waals surface area contributed by atoms with E-state index in [2.05, 4.69) is 25.5 Å². The largest absolute Gasteiger partial charge is 0.367 e. The average molecular weight is 358 g/mol. The zero-order valence-electron chi connectivity index (χ0n) is 14.6. The molecular weight excluding hydrogens is 338 g/mol. The van der Waals surface area contributed by atoms with Crippen LogP contribution in [0.2, 0.25) is 0 Å². The Kier molecular flexibility index (Phi) is 4.18. The van der Waals surface area contributed by atoms with Gasteiger partial charge < -0.3 is 10.2 Å². The number of halogens is 2. The van der Waals surface area contributed by atoms with E-state index >= 15 is 0 Å². The summed E-state index contributed by atoms with van der Waals surface area (Å²) in [5, 5.41) is 11.6. The van der Waals surface area contributed by atoms with Crippen molar-refractivity contribution < 1.29 is 8.78 Å². The average Bonchev–Trinajstić information content (AvgIpc) is 3.19. The summed E-state index contributed by atoms with van der Waals surface area (Å²) in [6, 6.07) is 5.63. The van der Waals surface area contributed by atoms with Gasteiger partial charge in [-0.25, -0.2) is 13.8 Å². The summed E-state index contributed by atoms with van der Waals surface area (Å²) in [4.78, 5) is 10.5. The normalized spacial score (nSPS) is 20.3. The third-order valence-electron chi connectivity index (χ3n) is 4.43. The van der Waals surface area contributed by atoms with E-state index in [0.29, 0.717) is 11.4 Å². The van der Waals surface area contributed by atoms with E-state index in [1.807, 2.05) is 26.0 Å². The molecule has 8 heteroatoms. The molecule has 1 saturated heterocycles. The van der Waals surface area contributed by atoms with Gasteiger partial charge in [0.15, 0.2) is 12.3 Å². The van der Waals surface area contributed by atoms with Gasteiger partial charge in [-0.2, -0.15) is 5.10 Å². The second-order valence-corrected chi connectivity index (χ2v) is 6.79. The Hall–Kier alpha value is -2.77. The summed E-state index contributed by atoms with van der Waals surface area (Å²) in [6.45, 7) is 4.17. The molecule has 0 saturated carbocycles. The number of rotatable bonds is 4. The van der Waals surface area contributed by atoms with Crippen molar-refractivity contribution in [2.45, 2.75) is 32.2 Å². The van der Waals surface area contributed by atoms with Crippen LogP contribution in [0.25, 0.3) is 22.3 Å². The van der Waals surface area contributed by atoms with Gasteiger partial charge in [0.2, 0.25) is 0 Å². The fraction of sp³-hybridized carbons (Fsp3) is 0.389. The number of aromatic amines is 1. The lowest BCUT2D eigenvalue weighted by Gasteiger charge is -2.17. The molecule has 0 spiro atoms. The van der Waals surface area contributed by atoms with Crippen molar-refractivity contribution in [3.63, 3.8) is 0 Å². The van der Waals surface area contributed by atoms with Crippen molar-refractivity contribution in [2.24, 2.45) is 0 Å². The van der Waals surface area contributed by atoms with Crippen molar-refractivity contribution in [3.8, 4) is 11.4 Å². The minimum atomic E-state index is -1.45. The summed E-state index contributed by atoms with van der Waals surface area (Å²) in [7, 11) is 0. The van der Waals surface area contributed by atoms with Crippen LogP contribution in [-0.4, -0.2) is 51.6 Å². The molecule has 2 atom stereocenters. The molecule has 136 valence electrons. The molecule has 1 fully saturated rings. The lowest BCUT2D eigenvalue weighted by atomic mass is 10.1. The lowest BCUT2D eigenvalue weighted by molar-refractivity contribution is 0.217. The molecule has 0 aromatic carbocycles. The van der Waals surface area contributed by atoms with Crippen molar-refractivity contribution in [1.29, 1.82) is 0 Å². The lowest BCUT2D eigenvalue weighted by Crippen LogP contribution is -2.20. The molecule has 1 aliphatic rings. The first-order valence-electron chi connectivity index (χ1n) is 8.62. The Bertz CT molecular complexity index is 915. The fourth-order valence-electron chi connectivity index (χ4n) is 3.22. The summed E-state index contributed by atoms with van der Waals surface area (Å²) in [6.07, 6.45) is 0.439. The highest BCUT2D eigenvalue weighted by molar-refractivity contribution is 6.00. The van der Waals surface area contributed by atoms with Gasteiger partial charge in [0.25, 0.3) is 0 Å². The predicted molar refractivity (Wildman–Crippen MR) is 97.9 cm³/mol. The maximum atomic E-state index is 13.5. The SMILES string of the molecule is CC(C)Nc1nccc2[nH]nc(-c3cc(N4CC(F)C(F)C4)ccn3)c12. The van der Waals surface area contributed by atoms with Crippen LogP contribution in [0, 0.1) is 0 Å². The zero-order valence-corrected chi connectivity index (χ0v) is 14.6. The first-order chi connectivity index (χ1) is 12.5. The van der Waals surface area contributed by atoms with E-state index in [4.69, 9.17) is 0 Å². The summed E-state index contributed by atoms with van der Waals surface area (Å²) in [5.41, 5.74) is 2.87. The standard InChI is InChI=1S/C18H20F2N6/c1-10(2)23-18-16-14(4-6-22-18)24-25-17(16)15-7-11(3-5-21-15)26-8-12(19)13(20)9-26/h3-7,10,12-13H,8-9H2,1-2H3,(H,22,23)(H,24,25). The fourth-order valence-corrected chi connectivity index (χ4v) is 3.22. The minimum Gasteiger partial charge on any atom is -0.367 e. The van der Waals surface area contributed by atoms with Gasteiger partial charge in [-0.15, -0.1) is 0 Å². The number of aromatic nitrogens is 4. The Morgan fingerprint density at radius 3 is 2.62 bits per heavy atom. The van der Waals surface area contributed by atoms with E-state index in [1.54, 1.807) is 23.4 Å². The van der Waals surface area contributed by atoms with Gasteiger partial charge in [-0.05, 0) is 32.0 Å². The number of alkyl halides is 2. The van der Waals surface area contributed by atoms with Gasteiger partial charge in [0.1, 0.15) is 11.5 Å². The molecule has 4 heterocycles. The maximum absolute atomic E-state index is 13.5. The molecule has 1 aliphatic heterocycles. The second-order valence-electron chi connectivity index (χ2n) is 6.79. The highest BCUT2D eigenvalue weighted by Crippen LogP contribution is 2.32. The number of pyridine rings is 2. The molecule has 0 aliphatic carbocycles. The summed E-state index contributed by atoms with van der Waals surface area (Å²) in [5.74, 6) is 0.724. The van der Waals surface area contributed by atoms with Crippen LogP contribution in [-0.2, 0) is 0 Å². The van der Waals surface area contributed by atoms with E-state index < -0.39 is 12.3 Å². The molecule has 26 heavy (non-hydrogen) atoms. The Morgan fingerprint density at radius 2 is 1.88 bits per heavy atom. The topological polar surface area (TPSA) is 69.7 Å². The van der Waals surface area contributed by atoms with E-state index in [-0.39, 0.29) is 19.1 Å². The van der Waals surface area contributed by atoms with Crippen LogP contribution in [0.1, 0.15) is 13.8 Å². The van der Waals surface area contributed by atoms with Crippen molar-refractivity contribution >= 4 is 22.4 Å². The summed E-state index contributed by atoms with van der Waals surface area (Å²) < 4.78 is 27.1. The molecule has 0 amide bonds. The van der Waals surface area contributed by atoms with E-state index in [0.717, 1.165) is 22.4 Å². The van der Waals surface area contributed by atoms with E-state index in [1.165, 1.54) is 0 Å². The molecule has 6 nitrogen and oxygen atoms in total. The first-order valence-corrected chi connectivity index (χ1v) is 8.62. The number of fused-ring (bicyclic) bond motifs is 1. The number of H-pyrrole nitrogens is 1. The quantitative estimate of drug-likeness (QED) is 0.749. The van der Waals surface area contributed by atoms with Gasteiger partial charge >= 0.3 is 0 Å². The molecule has 0 bridgehead atoms. The van der Waals surface area contributed by atoms with Gasteiger partial charge in [0, 0.05) is 24.1 Å². The Morgan fingerprint density at radius 1 is 1.15 bits per heavy atom. The van der Waals surface area contributed by atoms with Gasteiger partial charge in [-0.1, -0.05) is 0 Å². The molecule has 4 rings (SSSR count). The van der Waals surface area contributed by atoms with Crippen LogP contribution in [0.15, 0.2) is 30.6 Å². The molecule has 3 aromatic heterocycles. The maximum Gasteiger partial charge on any atom is 0.150 e. The van der Waals surface area contributed by atoms with Gasteiger partial charge in [-0.3, -0.25) is 10.1 Å². The number of hydrogen-bond donors (Lipinski definition) is 2. The molecule has 3 aromatic rings. The highest BCUT2D eigenvalue weighted by atomic mass is 19.2. The molecular formula is C18H20F2N6. The smallest absolute Gasteiger partial charge is 0.150 e. The monoisotopic (exact) mass is 358 g/mol. The van der Waals surface area contributed by atoms with Gasteiger partial charge in [0.05, 0.1) is 29.7 Å². The number of nitrogens with zero attached hydrogens (tertiary/aromatic N) is 4. The molecule has 2 unspecified atom stereocenters. The van der Waals surface area contributed by atoms with Crippen LogP contribution < -0.4 is 10.2 Å². The third-order valence-corrected chi connectivity index (χ3v) is 4.43. The highest BCUT2D eigenvalue weighted by Gasteiger charge is 2.33. The van der Waals surface area contributed by atoms with Crippen LogP contribution >= 0.6 is 0 Å². The molecule has 0 radical (unpaired) electrons. The Labute approximate surface area is 149 Å². The minimum absolute atomic E-state index is 0.0492. The summed E-state index contributed by atoms with van der Waals surface area (Å²) >= 11 is 0. The van der Waals surface area contributed by atoms with Crippen LogP contribution in [0.5, 0.6) is 0 Å². The zero-order chi connectivity index (χ0) is 18.3. The van der Waals surface area contributed by atoms with E-state index in [9.17, 15) is 8.78 Å². The second kappa shape index (κ2) is 6.51. The first kappa shape index (κ1) is 16.7. The van der Waals surface area contributed by atoms with Crippen molar-refractivity contribution in [1.82, 2.24) is 20.2 Å². The Balaban J connectivity index is 1.75. The third kappa shape index (κ3) is 2.95. The van der Waals surface area contributed by atoms with Crippen molar-refractivity contribution in [2.75, 3.05) is 23.3 Å². The molecule has 2 N–H and O–H groups in total. The van der Waals surface area contributed by atoms with Crippen molar-refractivity contribution in [3.05, 3.63) is 30.6 Å². The van der Waals surface area contributed by atoms with Crippen LogP contribution in [0.3, 0.4) is 0 Å². The van der Waals surface area contributed by atoms with Crippen LogP contribution in [0.4, 0.5) is 20.3 Å². The number of anilines is 2. The predicted octanol–water partition coefficient (Wildman–Crippen LogP) is 3.34. The number of nitrogens with one attached hydrogen (secondary N) is 2. The number of hydrogen-bond acceptors (Lipinski definition) is 5.